The Balaban J connectivity index is 2.13. The van der Waals surface area contributed by atoms with Crippen LogP contribution in [0.15, 0.2) is 36.8 Å². The van der Waals surface area contributed by atoms with Crippen LogP contribution in [0.25, 0.3) is 0 Å². The Hall–Kier alpha value is -2.32. The molecule has 0 bridgehead atoms. The van der Waals surface area contributed by atoms with Crippen LogP contribution in [0, 0.1) is 11.3 Å². The number of aliphatic hydroxyl groups excluding tert-OH is 1. The molecule has 1 N–H and O–H groups in total. The fourth-order valence-electron chi connectivity index (χ4n) is 2.95. The summed E-state index contributed by atoms with van der Waals surface area (Å²) in [6, 6.07) is 9.77. The number of para-hydroxylation sites is 1. The summed E-state index contributed by atoms with van der Waals surface area (Å²) in [5.41, 5.74) is 0.410. The SMILES string of the molecule is CCn1cncc1C(O)C1(C#N)CCOc2ccccc21. The Morgan fingerprint density at radius 3 is 3.10 bits per heavy atom. The summed E-state index contributed by atoms with van der Waals surface area (Å²) < 4.78 is 7.48. The molecule has 5 heteroatoms. The molecule has 2 aromatic rings. The first-order chi connectivity index (χ1) is 10.2. The van der Waals surface area contributed by atoms with Gasteiger partial charge in [0.1, 0.15) is 17.3 Å². The lowest BCUT2D eigenvalue weighted by molar-refractivity contribution is 0.0744. The predicted molar refractivity (Wildman–Crippen MR) is 76.7 cm³/mol. The molecular weight excluding hydrogens is 266 g/mol. The van der Waals surface area contributed by atoms with E-state index in [1.165, 1.54) is 0 Å². The lowest BCUT2D eigenvalue weighted by atomic mass is 9.72. The van der Waals surface area contributed by atoms with Crippen LogP contribution in [0.1, 0.15) is 30.7 Å². The number of aryl methyl sites for hydroxylation is 1. The van der Waals surface area contributed by atoms with Gasteiger partial charge in [-0.1, -0.05) is 18.2 Å². The number of benzene rings is 1. The molecule has 0 amide bonds. The van der Waals surface area contributed by atoms with Gasteiger partial charge in [0.25, 0.3) is 0 Å². The van der Waals surface area contributed by atoms with Crippen LogP contribution >= 0.6 is 0 Å². The van der Waals surface area contributed by atoms with Crippen molar-refractivity contribution in [2.75, 3.05) is 6.61 Å². The summed E-state index contributed by atoms with van der Waals surface area (Å²) in [5, 5.41) is 20.7. The number of ether oxygens (including phenoxy) is 1. The third-order valence-corrected chi connectivity index (χ3v) is 4.15. The number of nitriles is 1. The molecule has 108 valence electrons. The van der Waals surface area contributed by atoms with Crippen LogP contribution < -0.4 is 4.74 Å². The van der Waals surface area contributed by atoms with E-state index in [2.05, 4.69) is 11.1 Å². The highest BCUT2D eigenvalue weighted by molar-refractivity contribution is 5.47. The van der Waals surface area contributed by atoms with Crippen LogP contribution in [0.3, 0.4) is 0 Å². The maximum Gasteiger partial charge on any atom is 0.124 e. The monoisotopic (exact) mass is 283 g/mol. The summed E-state index contributed by atoms with van der Waals surface area (Å²) in [6.45, 7) is 3.10. The average molecular weight is 283 g/mol. The second-order valence-electron chi connectivity index (χ2n) is 5.18. The molecule has 0 radical (unpaired) electrons. The molecule has 5 nitrogen and oxygen atoms in total. The molecule has 0 fully saturated rings. The molecule has 0 aliphatic carbocycles. The molecular formula is C16H17N3O2. The van der Waals surface area contributed by atoms with E-state index >= 15 is 0 Å². The highest BCUT2D eigenvalue weighted by Gasteiger charge is 2.46. The Morgan fingerprint density at radius 1 is 1.52 bits per heavy atom. The summed E-state index contributed by atoms with van der Waals surface area (Å²) in [5.74, 6) is 0.673. The van der Waals surface area contributed by atoms with Crippen molar-refractivity contribution < 1.29 is 9.84 Å². The van der Waals surface area contributed by atoms with Gasteiger partial charge in [0.2, 0.25) is 0 Å². The third-order valence-electron chi connectivity index (χ3n) is 4.15. The molecule has 1 aromatic heterocycles. The van der Waals surface area contributed by atoms with E-state index in [1.54, 1.807) is 12.5 Å². The quantitative estimate of drug-likeness (QED) is 0.937. The van der Waals surface area contributed by atoms with E-state index in [4.69, 9.17) is 4.74 Å². The average Bonchev–Trinajstić information content (AvgIpc) is 3.02. The molecule has 1 aliphatic rings. The maximum atomic E-state index is 10.9. The summed E-state index contributed by atoms with van der Waals surface area (Å²) >= 11 is 0. The smallest absolute Gasteiger partial charge is 0.124 e. The normalized spacial score (nSPS) is 22.0. The van der Waals surface area contributed by atoms with Crippen molar-refractivity contribution in [2.24, 2.45) is 0 Å². The van der Waals surface area contributed by atoms with Crippen molar-refractivity contribution in [1.29, 1.82) is 5.26 Å². The van der Waals surface area contributed by atoms with Crippen molar-refractivity contribution in [1.82, 2.24) is 9.55 Å². The van der Waals surface area contributed by atoms with E-state index in [0.717, 1.165) is 5.56 Å². The van der Waals surface area contributed by atoms with E-state index in [9.17, 15) is 10.4 Å². The van der Waals surface area contributed by atoms with E-state index < -0.39 is 11.5 Å². The minimum absolute atomic E-state index is 0.419. The molecule has 1 aromatic carbocycles. The standard InChI is InChI=1S/C16H17N3O2/c1-2-19-11-18-9-13(19)15(20)16(10-17)7-8-21-14-6-4-3-5-12(14)16/h3-6,9,11,15,20H,2,7-8H2,1H3. The lowest BCUT2D eigenvalue weighted by Crippen LogP contribution is -2.38. The van der Waals surface area contributed by atoms with Crippen molar-refractivity contribution >= 4 is 0 Å². The number of rotatable bonds is 3. The Labute approximate surface area is 123 Å². The first kappa shape index (κ1) is 13.7. The first-order valence-electron chi connectivity index (χ1n) is 7.04. The molecule has 2 heterocycles. The molecule has 21 heavy (non-hydrogen) atoms. The zero-order valence-corrected chi connectivity index (χ0v) is 11.9. The van der Waals surface area contributed by atoms with Crippen molar-refractivity contribution in [3.63, 3.8) is 0 Å². The second kappa shape index (κ2) is 5.23. The fourth-order valence-corrected chi connectivity index (χ4v) is 2.95. The van der Waals surface area contributed by atoms with Gasteiger partial charge in [-0.3, -0.25) is 0 Å². The fraction of sp³-hybridized carbons (Fsp3) is 0.375. The van der Waals surface area contributed by atoms with Gasteiger partial charge in [-0.15, -0.1) is 0 Å². The van der Waals surface area contributed by atoms with Crippen molar-refractivity contribution in [2.45, 2.75) is 31.4 Å². The molecule has 3 rings (SSSR count). The number of imidazole rings is 1. The second-order valence-corrected chi connectivity index (χ2v) is 5.18. The highest BCUT2D eigenvalue weighted by Crippen LogP contribution is 2.46. The highest BCUT2D eigenvalue weighted by atomic mass is 16.5. The Kier molecular flexibility index (Phi) is 3.40. The van der Waals surface area contributed by atoms with Gasteiger partial charge in [-0.05, 0) is 13.0 Å². The Morgan fingerprint density at radius 2 is 2.33 bits per heavy atom. The van der Waals surface area contributed by atoms with Gasteiger partial charge in [0.05, 0.1) is 30.9 Å². The molecule has 0 saturated carbocycles. The number of fused-ring (bicyclic) bond motifs is 1. The number of hydrogen-bond donors (Lipinski definition) is 1. The summed E-state index contributed by atoms with van der Waals surface area (Å²) in [7, 11) is 0. The van der Waals surface area contributed by atoms with Crippen LogP contribution in [-0.4, -0.2) is 21.3 Å². The van der Waals surface area contributed by atoms with Crippen molar-refractivity contribution in [3.8, 4) is 11.8 Å². The number of aromatic nitrogens is 2. The van der Waals surface area contributed by atoms with Gasteiger partial charge >= 0.3 is 0 Å². The molecule has 0 saturated heterocycles. The lowest BCUT2D eigenvalue weighted by Gasteiger charge is -2.36. The van der Waals surface area contributed by atoms with Crippen LogP contribution in [0.5, 0.6) is 5.75 Å². The predicted octanol–water partition coefficient (Wildman–Crippen LogP) is 2.18. The number of aliphatic hydroxyl groups is 1. The van der Waals surface area contributed by atoms with Crippen LogP contribution in [-0.2, 0) is 12.0 Å². The van der Waals surface area contributed by atoms with E-state index in [1.807, 2.05) is 35.8 Å². The van der Waals surface area contributed by atoms with Gasteiger partial charge in [0, 0.05) is 18.5 Å². The van der Waals surface area contributed by atoms with Gasteiger partial charge in [-0.25, -0.2) is 4.98 Å². The molecule has 0 spiro atoms. The maximum absolute atomic E-state index is 10.9. The minimum Gasteiger partial charge on any atom is -0.493 e. The Bertz CT molecular complexity index is 689. The largest absolute Gasteiger partial charge is 0.493 e. The van der Waals surface area contributed by atoms with Gasteiger partial charge in [-0.2, -0.15) is 5.26 Å². The van der Waals surface area contributed by atoms with Gasteiger partial charge < -0.3 is 14.4 Å². The number of nitrogens with zero attached hydrogens (tertiary/aromatic N) is 3. The molecule has 1 aliphatic heterocycles. The first-order valence-corrected chi connectivity index (χ1v) is 7.04. The number of hydrogen-bond acceptors (Lipinski definition) is 4. The summed E-state index contributed by atoms with van der Waals surface area (Å²) in [4.78, 5) is 4.09. The van der Waals surface area contributed by atoms with Gasteiger partial charge in [0.15, 0.2) is 0 Å². The van der Waals surface area contributed by atoms with E-state index in [-0.39, 0.29) is 0 Å². The minimum atomic E-state index is -0.998. The zero-order valence-electron chi connectivity index (χ0n) is 11.9. The zero-order chi connectivity index (χ0) is 14.9. The van der Waals surface area contributed by atoms with Crippen molar-refractivity contribution in [3.05, 3.63) is 48.0 Å². The van der Waals surface area contributed by atoms with Crippen LogP contribution in [0.4, 0.5) is 0 Å². The van der Waals surface area contributed by atoms with E-state index in [0.29, 0.717) is 31.0 Å². The summed E-state index contributed by atoms with van der Waals surface area (Å²) in [6.07, 6.45) is 2.83. The topological polar surface area (TPSA) is 71.1 Å². The van der Waals surface area contributed by atoms with Crippen LogP contribution in [0.2, 0.25) is 0 Å². The molecule has 2 atom stereocenters. The molecule has 2 unspecified atom stereocenters. The third kappa shape index (κ3) is 1.99.